The first-order valence-electron chi connectivity index (χ1n) is 5.44. The first-order chi connectivity index (χ1) is 8.88. The van der Waals surface area contributed by atoms with Gasteiger partial charge in [0.05, 0.1) is 22.9 Å². The van der Waals surface area contributed by atoms with E-state index in [1.165, 1.54) is 6.07 Å². The van der Waals surface area contributed by atoms with Gasteiger partial charge >= 0.3 is 6.18 Å². The second-order valence-electron chi connectivity index (χ2n) is 3.77. The summed E-state index contributed by atoms with van der Waals surface area (Å²) >= 11 is 0. The molecule has 0 atom stereocenters. The molecule has 4 nitrogen and oxygen atoms in total. The molecule has 1 aromatic rings. The van der Waals surface area contributed by atoms with Gasteiger partial charge in [-0.1, -0.05) is 0 Å². The minimum atomic E-state index is -4.63. The lowest BCUT2D eigenvalue weighted by molar-refractivity contribution is -0.137. The molecule has 0 saturated carbocycles. The molecule has 7 heteroatoms. The molecule has 102 valence electrons. The third kappa shape index (κ3) is 4.26. The molecule has 0 bridgehead atoms. The van der Waals surface area contributed by atoms with Crippen molar-refractivity contribution < 1.29 is 18.0 Å². The van der Waals surface area contributed by atoms with E-state index in [1.807, 2.05) is 0 Å². The van der Waals surface area contributed by atoms with Crippen molar-refractivity contribution in [2.75, 3.05) is 18.9 Å². The highest BCUT2D eigenvalue weighted by Crippen LogP contribution is 2.35. The quantitative estimate of drug-likeness (QED) is 0.881. The van der Waals surface area contributed by atoms with Crippen molar-refractivity contribution in [2.24, 2.45) is 0 Å². The number of hydrogen-bond acceptors (Lipinski definition) is 3. The monoisotopic (exact) mass is 271 g/mol. The molecule has 0 radical (unpaired) electrons. The molecular formula is C12H12F3N3O. The van der Waals surface area contributed by atoms with E-state index in [-0.39, 0.29) is 17.7 Å². The number of nitrogens with zero attached hydrogens (tertiary/aromatic N) is 1. The van der Waals surface area contributed by atoms with Crippen LogP contribution in [0.15, 0.2) is 18.2 Å². The Kier molecular flexibility index (Phi) is 4.89. The number of carbonyl (C=O) groups is 1. The van der Waals surface area contributed by atoms with Gasteiger partial charge in [-0.3, -0.25) is 4.79 Å². The first-order valence-corrected chi connectivity index (χ1v) is 5.44. The van der Waals surface area contributed by atoms with Gasteiger partial charge in [0, 0.05) is 13.0 Å². The zero-order valence-corrected chi connectivity index (χ0v) is 10.1. The molecule has 2 N–H and O–H groups in total. The van der Waals surface area contributed by atoms with E-state index in [4.69, 9.17) is 5.26 Å². The molecule has 1 aromatic carbocycles. The maximum atomic E-state index is 12.8. The Bertz CT molecular complexity index is 506. The molecule has 1 rings (SSSR count). The minimum absolute atomic E-state index is 0.0633. The van der Waals surface area contributed by atoms with Gasteiger partial charge in [-0.15, -0.1) is 0 Å². The minimum Gasteiger partial charge on any atom is -0.325 e. The van der Waals surface area contributed by atoms with E-state index in [1.54, 1.807) is 13.1 Å². The average molecular weight is 271 g/mol. The molecule has 0 aliphatic rings. The number of anilines is 1. The smallest absolute Gasteiger partial charge is 0.325 e. The van der Waals surface area contributed by atoms with Crippen molar-refractivity contribution in [1.82, 2.24) is 5.32 Å². The Balaban J connectivity index is 3.01. The molecule has 0 aliphatic carbocycles. The van der Waals surface area contributed by atoms with Crippen molar-refractivity contribution in [1.29, 1.82) is 5.26 Å². The summed E-state index contributed by atoms with van der Waals surface area (Å²) < 4.78 is 38.4. The normalized spacial score (nSPS) is 10.9. The van der Waals surface area contributed by atoms with Crippen molar-refractivity contribution in [3.8, 4) is 6.07 Å². The van der Waals surface area contributed by atoms with E-state index in [0.29, 0.717) is 12.6 Å². The largest absolute Gasteiger partial charge is 0.418 e. The molecular weight excluding hydrogens is 259 g/mol. The van der Waals surface area contributed by atoms with Gasteiger partial charge in [-0.25, -0.2) is 0 Å². The van der Waals surface area contributed by atoms with Crippen LogP contribution in [0.3, 0.4) is 0 Å². The number of carbonyl (C=O) groups excluding carboxylic acids is 1. The number of nitrogens with one attached hydrogen (secondary N) is 2. The van der Waals surface area contributed by atoms with E-state index < -0.39 is 17.6 Å². The van der Waals surface area contributed by atoms with E-state index in [2.05, 4.69) is 10.6 Å². The van der Waals surface area contributed by atoms with E-state index >= 15 is 0 Å². The van der Waals surface area contributed by atoms with Crippen LogP contribution in [-0.2, 0) is 11.0 Å². The van der Waals surface area contributed by atoms with Gasteiger partial charge < -0.3 is 10.6 Å². The second kappa shape index (κ2) is 6.20. The predicted molar refractivity (Wildman–Crippen MR) is 63.3 cm³/mol. The highest BCUT2D eigenvalue weighted by Gasteiger charge is 2.34. The summed E-state index contributed by atoms with van der Waals surface area (Å²) in [4.78, 5) is 11.4. The highest BCUT2D eigenvalue weighted by atomic mass is 19.4. The number of nitriles is 1. The van der Waals surface area contributed by atoms with Crippen LogP contribution in [0.25, 0.3) is 0 Å². The average Bonchev–Trinajstić information content (AvgIpc) is 2.35. The van der Waals surface area contributed by atoms with Crippen LogP contribution in [0.5, 0.6) is 0 Å². The Morgan fingerprint density at radius 2 is 2.11 bits per heavy atom. The Hall–Kier alpha value is -2.07. The van der Waals surface area contributed by atoms with Gasteiger partial charge in [0.15, 0.2) is 0 Å². The fraction of sp³-hybridized carbons (Fsp3) is 0.333. The molecule has 0 spiro atoms. The van der Waals surface area contributed by atoms with Crippen molar-refractivity contribution in [3.05, 3.63) is 29.3 Å². The Labute approximate surface area is 108 Å². The molecule has 0 aliphatic heterocycles. The van der Waals surface area contributed by atoms with Crippen molar-refractivity contribution in [2.45, 2.75) is 12.6 Å². The topological polar surface area (TPSA) is 64.9 Å². The number of rotatable bonds is 4. The van der Waals surface area contributed by atoms with Crippen LogP contribution in [0, 0.1) is 11.3 Å². The number of halogens is 3. The number of amides is 1. The van der Waals surface area contributed by atoms with Crippen LogP contribution in [0.4, 0.5) is 18.9 Å². The first kappa shape index (κ1) is 15.0. The maximum Gasteiger partial charge on any atom is 0.418 e. The fourth-order valence-corrected chi connectivity index (χ4v) is 1.41. The fourth-order valence-electron chi connectivity index (χ4n) is 1.41. The lowest BCUT2D eigenvalue weighted by atomic mass is 10.1. The summed E-state index contributed by atoms with van der Waals surface area (Å²) in [5.41, 5.74) is -1.47. The van der Waals surface area contributed by atoms with Gasteiger partial charge in [0.1, 0.15) is 0 Å². The van der Waals surface area contributed by atoms with Gasteiger partial charge in [0.2, 0.25) is 5.91 Å². The lowest BCUT2D eigenvalue weighted by Crippen LogP contribution is -2.20. The van der Waals surface area contributed by atoms with Crippen LogP contribution in [0.2, 0.25) is 0 Å². The third-order valence-corrected chi connectivity index (χ3v) is 2.33. The summed E-state index contributed by atoms with van der Waals surface area (Å²) in [5.74, 6) is -0.524. The standard InChI is InChI=1S/C12H12F3N3O/c1-17-5-4-11(19)18-10-3-2-8(7-16)6-9(10)12(13,14)15/h2-3,6,17H,4-5H2,1H3,(H,18,19). The van der Waals surface area contributed by atoms with Crippen LogP contribution in [0.1, 0.15) is 17.5 Å². The summed E-state index contributed by atoms with van der Waals surface area (Å²) in [5, 5.41) is 13.5. The lowest BCUT2D eigenvalue weighted by Gasteiger charge is -2.14. The number of alkyl halides is 3. The van der Waals surface area contributed by atoms with Crippen LogP contribution >= 0.6 is 0 Å². The zero-order chi connectivity index (χ0) is 14.5. The number of benzene rings is 1. The highest BCUT2D eigenvalue weighted by molar-refractivity contribution is 5.91. The molecule has 19 heavy (non-hydrogen) atoms. The molecule has 0 fully saturated rings. The Morgan fingerprint density at radius 3 is 2.63 bits per heavy atom. The van der Waals surface area contributed by atoms with Crippen LogP contribution in [-0.4, -0.2) is 19.5 Å². The maximum absolute atomic E-state index is 12.8. The Morgan fingerprint density at radius 1 is 1.42 bits per heavy atom. The SMILES string of the molecule is CNCCC(=O)Nc1ccc(C#N)cc1C(F)(F)F. The van der Waals surface area contributed by atoms with Crippen LogP contribution < -0.4 is 10.6 Å². The van der Waals surface area contributed by atoms with E-state index in [9.17, 15) is 18.0 Å². The van der Waals surface area contributed by atoms with Gasteiger partial charge in [0.25, 0.3) is 0 Å². The number of hydrogen-bond donors (Lipinski definition) is 2. The van der Waals surface area contributed by atoms with Crippen molar-refractivity contribution in [3.63, 3.8) is 0 Å². The predicted octanol–water partition coefficient (Wildman–Crippen LogP) is 2.13. The molecule has 1 amide bonds. The summed E-state index contributed by atoms with van der Waals surface area (Å²) in [6.07, 6.45) is -4.56. The van der Waals surface area contributed by atoms with Gasteiger partial charge in [-0.2, -0.15) is 18.4 Å². The van der Waals surface area contributed by atoms with Gasteiger partial charge in [-0.05, 0) is 25.2 Å². The summed E-state index contributed by atoms with van der Waals surface area (Å²) in [7, 11) is 1.64. The third-order valence-electron chi connectivity index (χ3n) is 2.33. The molecule has 0 unspecified atom stereocenters. The van der Waals surface area contributed by atoms with Crippen molar-refractivity contribution >= 4 is 11.6 Å². The zero-order valence-electron chi connectivity index (χ0n) is 10.1. The second-order valence-corrected chi connectivity index (χ2v) is 3.77. The molecule has 0 heterocycles. The summed E-state index contributed by atoms with van der Waals surface area (Å²) in [6, 6.07) is 4.65. The van der Waals surface area contributed by atoms with E-state index in [0.717, 1.165) is 6.07 Å². The summed E-state index contributed by atoms with van der Waals surface area (Å²) in [6.45, 7) is 0.365. The molecule has 0 aromatic heterocycles. The molecule has 0 saturated heterocycles.